The molecule has 1 aromatic carbocycles. The molecule has 1 atom stereocenters. The van der Waals surface area contributed by atoms with Gasteiger partial charge in [-0.1, -0.05) is 11.6 Å². The van der Waals surface area contributed by atoms with Crippen LogP contribution in [0.15, 0.2) is 18.2 Å². The highest BCUT2D eigenvalue weighted by Gasteiger charge is 2.30. The lowest BCUT2D eigenvalue weighted by atomic mass is 10.00. The fraction of sp³-hybridized carbons (Fsp3) is 0.429. The fourth-order valence-corrected chi connectivity index (χ4v) is 2.60. The Labute approximate surface area is 117 Å². The molecule has 0 amide bonds. The van der Waals surface area contributed by atoms with Gasteiger partial charge < -0.3 is 9.64 Å². The third-order valence-corrected chi connectivity index (χ3v) is 3.60. The molecule has 1 aliphatic heterocycles. The monoisotopic (exact) mass is 278 g/mol. The molecule has 1 heterocycles. The van der Waals surface area contributed by atoms with Crippen molar-refractivity contribution in [2.45, 2.75) is 25.3 Å². The maximum Gasteiger partial charge on any atom is 0.328 e. The lowest BCUT2D eigenvalue weighted by molar-refractivity contribution is -0.142. The van der Waals surface area contributed by atoms with Crippen molar-refractivity contribution in [1.29, 1.82) is 5.26 Å². The summed E-state index contributed by atoms with van der Waals surface area (Å²) in [4.78, 5) is 13.8. The highest BCUT2D eigenvalue weighted by Crippen LogP contribution is 2.30. The van der Waals surface area contributed by atoms with Gasteiger partial charge in [0.2, 0.25) is 0 Å². The smallest absolute Gasteiger partial charge is 0.328 e. The molecule has 0 saturated carbocycles. The predicted octanol–water partition coefficient (Wildman–Crippen LogP) is 2.74. The summed E-state index contributed by atoms with van der Waals surface area (Å²) in [6.07, 6.45) is 2.72. The zero-order valence-electron chi connectivity index (χ0n) is 10.7. The van der Waals surface area contributed by atoms with E-state index >= 15 is 0 Å². The van der Waals surface area contributed by atoms with Gasteiger partial charge in [-0.05, 0) is 37.5 Å². The van der Waals surface area contributed by atoms with Crippen LogP contribution in [0.25, 0.3) is 0 Å². The summed E-state index contributed by atoms with van der Waals surface area (Å²) >= 11 is 6.00. The predicted molar refractivity (Wildman–Crippen MR) is 73.2 cm³/mol. The molecule has 1 aromatic rings. The van der Waals surface area contributed by atoms with Crippen LogP contribution in [-0.4, -0.2) is 25.7 Å². The van der Waals surface area contributed by atoms with E-state index in [0.717, 1.165) is 25.8 Å². The van der Waals surface area contributed by atoms with Crippen LogP contribution in [0.3, 0.4) is 0 Å². The normalized spacial score (nSPS) is 18.8. The van der Waals surface area contributed by atoms with E-state index in [9.17, 15) is 10.1 Å². The molecule has 0 radical (unpaired) electrons. The molecule has 19 heavy (non-hydrogen) atoms. The first-order valence-electron chi connectivity index (χ1n) is 6.21. The standard InChI is InChI=1S/C14H15ClN2O2/c1-19-14(18)12-4-2-3-7-17(12)13-8-11(15)6-5-10(13)9-16/h5-6,8,12H,2-4,7H2,1H3. The van der Waals surface area contributed by atoms with Gasteiger partial charge in [0.1, 0.15) is 12.1 Å². The molecule has 5 heteroatoms. The van der Waals surface area contributed by atoms with Crippen LogP contribution in [-0.2, 0) is 9.53 Å². The Balaban J connectivity index is 2.40. The Kier molecular flexibility index (Phi) is 4.28. The molecule has 4 nitrogen and oxygen atoms in total. The summed E-state index contributed by atoms with van der Waals surface area (Å²) in [5.41, 5.74) is 1.24. The van der Waals surface area contributed by atoms with Crippen molar-refractivity contribution < 1.29 is 9.53 Å². The van der Waals surface area contributed by atoms with Gasteiger partial charge in [-0.2, -0.15) is 5.26 Å². The van der Waals surface area contributed by atoms with Crippen molar-refractivity contribution >= 4 is 23.3 Å². The van der Waals surface area contributed by atoms with Crippen LogP contribution in [0.2, 0.25) is 5.02 Å². The molecule has 1 aliphatic rings. The SMILES string of the molecule is COC(=O)C1CCCCN1c1cc(Cl)ccc1C#N. The molecular weight excluding hydrogens is 264 g/mol. The van der Waals surface area contributed by atoms with Gasteiger partial charge in [0.15, 0.2) is 0 Å². The Hall–Kier alpha value is -1.73. The third kappa shape index (κ3) is 2.82. The Morgan fingerprint density at radius 3 is 3.00 bits per heavy atom. The quantitative estimate of drug-likeness (QED) is 0.781. The number of hydrogen-bond acceptors (Lipinski definition) is 4. The number of nitriles is 1. The Morgan fingerprint density at radius 2 is 2.32 bits per heavy atom. The third-order valence-electron chi connectivity index (χ3n) is 3.37. The van der Waals surface area contributed by atoms with Gasteiger partial charge in [0.25, 0.3) is 0 Å². The lowest BCUT2D eigenvalue weighted by Crippen LogP contribution is -2.45. The van der Waals surface area contributed by atoms with Crippen LogP contribution in [0.4, 0.5) is 5.69 Å². The summed E-state index contributed by atoms with van der Waals surface area (Å²) < 4.78 is 4.85. The second kappa shape index (κ2) is 5.94. The van der Waals surface area contributed by atoms with Gasteiger partial charge >= 0.3 is 5.97 Å². The van der Waals surface area contributed by atoms with Crippen molar-refractivity contribution in [3.63, 3.8) is 0 Å². The van der Waals surface area contributed by atoms with Crippen molar-refractivity contribution in [1.82, 2.24) is 0 Å². The maximum atomic E-state index is 11.9. The van der Waals surface area contributed by atoms with E-state index in [4.69, 9.17) is 16.3 Å². The van der Waals surface area contributed by atoms with Crippen LogP contribution >= 0.6 is 11.6 Å². The summed E-state index contributed by atoms with van der Waals surface area (Å²) in [5, 5.41) is 9.74. The molecule has 0 aromatic heterocycles. The summed E-state index contributed by atoms with van der Waals surface area (Å²) in [6, 6.07) is 6.92. The molecule has 0 aliphatic carbocycles. The van der Waals surface area contributed by atoms with Crippen LogP contribution in [0.1, 0.15) is 24.8 Å². The molecule has 2 rings (SSSR count). The first-order valence-corrected chi connectivity index (χ1v) is 6.59. The number of carbonyl (C=O) groups is 1. The Morgan fingerprint density at radius 1 is 1.53 bits per heavy atom. The van der Waals surface area contributed by atoms with Gasteiger partial charge in [-0.3, -0.25) is 0 Å². The number of rotatable bonds is 2. The molecule has 1 saturated heterocycles. The zero-order chi connectivity index (χ0) is 13.8. The van der Waals surface area contributed by atoms with Gasteiger partial charge in [0, 0.05) is 11.6 Å². The highest BCUT2D eigenvalue weighted by molar-refractivity contribution is 6.30. The van der Waals surface area contributed by atoms with Gasteiger partial charge in [0.05, 0.1) is 18.4 Å². The van der Waals surface area contributed by atoms with Crippen LogP contribution in [0, 0.1) is 11.3 Å². The number of nitrogens with zero attached hydrogens (tertiary/aromatic N) is 2. The van der Waals surface area contributed by atoms with E-state index in [1.807, 2.05) is 4.90 Å². The van der Waals surface area contributed by atoms with E-state index in [2.05, 4.69) is 6.07 Å². The van der Waals surface area contributed by atoms with Gasteiger partial charge in [-0.25, -0.2) is 4.79 Å². The topological polar surface area (TPSA) is 53.3 Å². The van der Waals surface area contributed by atoms with Gasteiger partial charge in [-0.15, -0.1) is 0 Å². The van der Waals surface area contributed by atoms with Crippen LogP contribution < -0.4 is 4.90 Å². The number of ether oxygens (including phenoxy) is 1. The minimum absolute atomic E-state index is 0.261. The summed E-state index contributed by atoms with van der Waals surface area (Å²) in [6.45, 7) is 0.731. The maximum absolute atomic E-state index is 11.9. The number of esters is 1. The number of anilines is 1. The fourth-order valence-electron chi connectivity index (χ4n) is 2.44. The van der Waals surface area contributed by atoms with E-state index < -0.39 is 0 Å². The largest absolute Gasteiger partial charge is 0.467 e. The molecule has 0 spiro atoms. The molecule has 0 bridgehead atoms. The number of halogens is 1. The average Bonchev–Trinajstić information content (AvgIpc) is 2.46. The first kappa shape index (κ1) is 13.7. The van der Waals surface area contributed by atoms with E-state index in [1.54, 1.807) is 18.2 Å². The number of carbonyl (C=O) groups excluding carboxylic acids is 1. The Bertz CT molecular complexity index is 525. The zero-order valence-corrected chi connectivity index (χ0v) is 11.5. The minimum Gasteiger partial charge on any atom is -0.467 e. The number of methoxy groups -OCH3 is 1. The minimum atomic E-state index is -0.329. The number of benzene rings is 1. The molecular formula is C14H15ClN2O2. The number of hydrogen-bond donors (Lipinski definition) is 0. The molecule has 100 valence electrons. The molecule has 0 N–H and O–H groups in total. The first-order chi connectivity index (χ1) is 9.17. The van der Waals surface area contributed by atoms with E-state index in [1.165, 1.54) is 7.11 Å². The van der Waals surface area contributed by atoms with Crippen molar-refractivity contribution in [3.8, 4) is 6.07 Å². The second-order valence-corrected chi connectivity index (χ2v) is 4.94. The van der Waals surface area contributed by atoms with Crippen molar-refractivity contribution in [2.75, 3.05) is 18.6 Å². The molecule has 1 fully saturated rings. The summed E-state index contributed by atoms with van der Waals surface area (Å²) in [5.74, 6) is -0.261. The van der Waals surface area contributed by atoms with Crippen molar-refractivity contribution in [3.05, 3.63) is 28.8 Å². The number of piperidine rings is 1. The second-order valence-electron chi connectivity index (χ2n) is 4.50. The van der Waals surface area contributed by atoms with Crippen molar-refractivity contribution in [2.24, 2.45) is 0 Å². The van der Waals surface area contributed by atoms with E-state index in [-0.39, 0.29) is 12.0 Å². The van der Waals surface area contributed by atoms with E-state index in [0.29, 0.717) is 16.3 Å². The molecule has 1 unspecified atom stereocenters. The summed E-state index contributed by atoms with van der Waals surface area (Å²) in [7, 11) is 1.39. The highest BCUT2D eigenvalue weighted by atomic mass is 35.5. The van der Waals surface area contributed by atoms with Crippen LogP contribution in [0.5, 0.6) is 0 Å². The average molecular weight is 279 g/mol. The lowest BCUT2D eigenvalue weighted by Gasteiger charge is -2.36.